The van der Waals surface area contributed by atoms with Gasteiger partial charge in [0.2, 0.25) is 0 Å². The topological polar surface area (TPSA) is 90.9 Å². The van der Waals surface area contributed by atoms with Crippen LogP contribution in [0.4, 0.5) is 0 Å². The van der Waals surface area contributed by atoms with Crippen LogP contribution in [0.15, 0.2) is 23.4 Å². The maximum atomic E-state index is 8.89. The normalized spacial score (nSPS) is 12.7. The van der Waals surface area contributed by atoms with Gasteiger partial charge in [-0.05, 0) is 29.9 Å². The molecule has 0 heterocycles. The van der Waals surface area contributed by atoms with Crippen molar-refractivity contribution in [3.8, 4) is 0 Å². The third-order valence-electron chi connectivity index (χ3n) is 3.39. The molecule has 0 saturated carbocycles. The van der Waals surface area contributed by atoms with Gasteiger partial charge < -0.3 is 21.4 Å². The highest BCUT2D eigenvalue weighted by Crippen LogP contribution is 2.22. The van der Waals surface area contributed by atoms with Gasteiger partial charge in [-0.15, -0.1) is 0 Å². The molecule has 0 saturated heterocycles. The zero-order valence-electron chi connectivity index (χ0n) is 12.6. The molecule has 1 aromatic rings. The molecule has 5 nitrogen and oxygen atoms in total. The quantitative estimate of drug-likeness (QED) is 0.256. The van der Waals surface area contributed by atoms with Crippen molar-refractivity contribution in [3.05, 3.63) is 34.3 Å². The van der Waals surface area contributed by atoms with Crippen molar-refractivity contribution >= 4 is 17.4 Å². The van der Waals surface area contributed by atoms with Crippen molar-refractivity contribution in [1.29, 1.82) is 0 Å². The van der Waals surface area contributed by atoms with Crippen molar-refractivity contribution in [1.82, 2.24) is 5.32 Å². The molecule has 0 bridgehead atoms. The Bertz CT molecular complexity index is 490. The number of nitrogens with one attached hydrogen (secondary N) is 1. The summed E-state index contributed by atoms with van der Waals surface area (Å²) in [4.78, 5) is 0. The number of oxime groups is 1. The van der Waals surface area contributed by atoms with Crippen LogP contribution in [0.5, 0.6) is 0 Å². The number of hydrogen-bond acceptors (Lipinski definition) is 4. The minimum absolute atomic E-state index is 0.0431. The average molecular weight is 314 g/mol. The van der Waals surface area contributed by atoms with Crippen LogP contribution in [-0.4, -0.2) is 29.3 Å². The largest absolute Gasteiger partial charge is 0.409 e. The van der Waals surface area contributed by atoms with Gasteiger partial charge in [0.15, 0.2) is 5.84 Å². The zero-order valence-corrected chi connectivity index (χ0v) is 13.3. The Balaban J connectivity index is 2.56. The third-order valence-corrected chi connectivity index (χ3v) is 3.74. The molecule has 0 aliphatic heterocycles. The number of rotatable bonds is 8. The summed E-state index contributed by atoms with van der Waals surface area (Å²) in [5, 5.41) is 24.4. The molecule has 0 aliphatic carbocycles. The number of benzene rings is 1. The lowest BCUT2D eigenvalue weighted by atomic mass is 9.88. The summed E-state index contributed by atoms with van der Waals surface area (Å²) < 4.78 is 0. The van der Waals surface area contributed by atoms with Crippen LogP contribution in [0.25, 0.3) is 0 Å². The van der Waals surface area contributed by atoms with Crippen LogP contribution >= 0.6 is 11.6 Å². The number of nitrogens with two attached hydrogens (primary N) is 1. The van der Waals surface area contributed by atoms with Crippen LogP contribution in [0.3, 0.4) is 0 Å². The first kappa shape index (κ1) is 17.8. The number of amidine groups is 1. The van der Waals surface area contributed by atoms with E-state index in [-0.39, 0.29) is 17.9 Å². The summed E-state index contributed by atoms with van der Waals surface area (Å²) >= 11 is 6.20. The highest BCUT2D eigenvalue weighted by Gasteiger charge is 2.16. The minimum Gasteiger partial charge on any atom is -0.409 e. The smallest absolute Gasteiger partial charge is 0.170 e. The van der Waals surface area contributed by atoms with Crippen molar-refractivity contribution in [2.24, 2.45) is 16.3 Å². The Kier molecular flexibility index (Phi) is 6.95. The van der Waals surface area contributed by atoms with Crippen LogP contribution in [0, 0.1) is 5.41 Å². The Labute approximate surface area is 130 Å². The molecule has 118 valence electrons. The van der Waals surface area contributed by atoms with E-state index in [1.807, 2.05) is 6.07 Å². The van der Waals surface area contributed by atoms with Crippen LogP contribution < -0.4 is 11.1 Å². The summed E-state index contributed by atoms with van der Waals surface area (Å²) in [7, 11) is 0. The lowest BCUT2D eigenvalue weighted by molar-refractivity contribution is 0.236. The molecule has 0 aliphatic rings. The predicted octanol–water partition coefficient (Wildman–Crippen LogP) is 2.32. The Morgan fingerprint density at radius 2 is 2.14 bits per heavy atom. The molecular formula is C15H24ClN3O2. The van der Waals surface area contributed by atoms with Crippen molar-refractivity contribution in [2.45, 2.75) is 33.2 Å². The second kappa shape index (κ2) is 8.22. The van der Waals surface area contributed by atoms with Gasteiger partial charge in [0.05, 0.1) is 0 Å². The number of aliphatic hydroxyl groups is 1. The number of hydrogen-bond donors (Lipinski definition) is 4. The lowest BCUT2D eigenvalue weighted by Crippen LogP contribution is -2.29. The predicted molar refractivity (Wildman–Crippen MR) is 85.8 cm³/mol. The fourth-order valence-electron chi connectivity index (χ4n) is 2.09. The van der Waals surface area contributed by atoms with Crippen LogP contribution in [0.1, 0.15) is 37.8 Å². The van der Waals surface area contributed by atoms with E-state index in [2.05, 4.69) is 24.3 Å². The summed E-state index contributed by atoms with van der Waals surface area (Å²) in [6, 6.07) is 5.32. The lowest BCUT2D eigenvalue weighted by Gasteiger charge is -2.25. The Hall–Kier alpha value is -1.30. The van der Waals surface area contributed by atoms with Crippen molar-refractivity contribution < 1.29 is 10.3 Å². The minimum atomic E-state index is 0.0431. The van der Waals surface area contributed by atoms with Gasteiger partial charge in [0.1, 0.15) is 0 Å². The van der Waals surface area contributed by atoms with E-state index >= 15 is 0 Å². The second-order valence-corrected chi connectivity index (χ2v) is 6.29. The highest BCUT2D eigenvalue weighted by molar-refractivity contribution is 6.31. The summed E-state index contributed by atoms with van der Waals surface area (Å²) in [6.45, 7) is 6.05. The molecule has 5 N–H and O–H groups in total. The zero-order chi connectivity index (χ0) is 15.9. The third kappa shape index (κ3) is 5.91. The molecule has 0 amide bonds. The molecule has 1 rings (SSSR count). The number of aliphatic hydroxyl groups excluding tert-OH is 1. The molecule has 0 unspecified atom stereocenters. The fourth-order valence-corrected chi connectivity index (χ4v) is 2.34. The van der Waals surface area contributed by atoms with E-state index < -0.39 is 0 Å². The Morgan fingerprint density at radius 3 is 2.71 bits per heavy atom. The molecule has 0 radical (unpaired) electrons. The first-order chi connectivity index (χ1) is 9.89. The first-order valence-corrected chi connectivity index (χ1v) is 7.35. The van der Waals surface area contributed by atoms with Gasteiger partial charge in [-0.2, -0.15) is 0 Å². The highest BCUT2D eigenvalue weighted by atomic mass is 35.5. The van der Waals surface area contributed by atoms with Crippen LogP contribution in [0.2, 0.25) is 5.02 Å². The molecule has 0 atom stereocenters. The van der Waals surface area contributed by atoms with Gasteiger partial charge >= 0.3 is 0 Å². The van der Waals surface area contributed by atoms with Crippen molar-refractivity contribution in [2.75, 3.05) is 13.2 Å². The van der Waals surface area contributed by atoms with E-state index in [1.165, 1.54) is 0 Å². The SMILES string of the molecule is CC(C)(CCCO)CNCc1ccc(/C(N)=N/O)cc1Cl. The van der Waals surface area contributed by atoms with E-state index in [0.29, 0.717) is 17.1 Å². The van der Waals surface area contributed by atoms with Gasteiger partial charge in [-0.1, -0.05) is 42.7 Å². The van der Waals surface area contributed by atoms with E-state index in [9.17, 15) is 0 Å². The second-order valence-electron chi connectivity index (χ2n) is 5.89. The standard InChI is InChI=1S/C15H24ClN3O2/c1-15(2,6-3-7-20)10-18-9-12-5-4-11(8-13(12)16)14(17)19-21/h4-5,8,18,20-21H,3,6-7,9-10H2,1-2H3,(H2,17,19). The van der Waals surface area contributed by atoms with E-state index in [1.54, 1.807) is 12.1 Å². The monoisotopic (exact) mass is 313 g/mol. The number of halogens is 1. The van der Waals surface area contributed by atoms with Gasteiger partial charge in [-0.25, -0.2) is 0 Å². The molecule has 21 heavy (non-hydrogen) atoms. The molecule has 0 aromatic heterocycles. The van der Waals surface area contributed by atoms with Gasteiger partial charge in [-0.3, -0.25) is 0 Å². The molecule has 6 heteroatoms. The first-order valence-electron chi connectivity index (χ1n) is 6.97. The number of nitrogens with zero attached hydrogens (tertiary/aromatic N) is 1. The molecular weight excluding hydrogens is 290 g/mol. The van der Waals surface area contributed by atoms with E-state index in [4.69, 9.17) is 27.6 Å². The average Bonchev–Trinajstić information content (AvgIpc) is 2.46. The summed E-state index contributed by atoms with van der Waals surface area (Å²) in [6.07, 6.45) is 1.77. The van der Waals surface area contributed by atoms with Gasteiger partial charge in [0.25, 0.3) is 0 Å². The maximum absolute atomic E-state index is 8.89. The fraction of sp³-hybridized carbons (Fsp3) is 0.533. The summed E-state index contributed by atoms with van der Waals surface area (Å²) in [5.74, 6) is 0.0431. The Morgan fingerprint density at radius 1 is 1.43 bits per heavy atom. The van der Waals surface area contributed by atoms with E-state index in [0.717, 1.165) is 24.9 Å². The molecule has 0 spiro atoms. The van der Waals surface area contributed by atoms with Crippen molar-refractivity contribution in [3.63, 3.8) is 0 Å². The van der Waals surface area contributed by atoms with Crippen LogP contribution in [-0.2, 0) is 6.54 Å². The van der Waals surface area contributed by atoms with Gasteiger partial charge in [0, 0.05) is 30.3 Å². The summed E-state index contributed by atoms with van der Waals surface area (Å²) in [5.41, 5.74) is 7.20. The molecule has 1 aromatic carbocycles. The maximum Gasteiger partial charge on any atom is 0.170 e. The molecule has 0 fully saturated rings.